The first kappa shape index (κ1) is 64.2. The number of aliphatic hydroxyl groups excluding tert-OH is 1. The van der Waals surface area contributed by atoms with Gasteiger partial charge in [-0.25, -0.2) is 0 Å². The van der Waals surface area contributed by atoms with Crippen LogP contribution in [0, 0.1) is 0 Å². The van der Waals surface area contributed by atoms with Crippen LogP contribution in [0.1, 0.15) is 245 Å². The molecule has 9 heteroatoms. The third kappa shape index (κ3) is 50.1. The topological polar surface area (TPSA) is 108 Å². The smallest absolute Gasteiger partial charge is 0.268 e. The van der Waals surface area contributed by atoms with E-state index in [1.54, 1.807) is 6.08 Å². The Morgan fingerprint density at radius 1 is 0.530 bits per heavy atom. The molecule has 0 spiro atoms. The maximum absolute atomic E-state index is 12.9. The third-order valence-corrected chi connectivity index (χ3v) is 13.1. The van der Waals surface area contributed by atoms with Crippen LogP contribution in [0.15, 0.2) is 60.8 Å². The monoisotopic (exact) mass is 947 g/mol. The lowest BCUT2D eigenvalue weighted by atomic mass is 10.0. The second-order valence-electron chi connectivity index (χ2n) is 19.9. The lowest BCUT2D eigenvalue weighted by Gasteiger charge is -2.29. The Hall–Kier alpha value is -1.80. The highest BCUT2D eigenvalue weighted by Gasteiger charge is 2.23. The normalized spacial score (nSPS) is 14.5. The molecule has 386 valence electrons. The molecule has 3 unspecified atom stereocenters. The average Bonchev–Trinajstić information content (AvgIpc) is 3.28. The Morgan fingerprint density at radius 2 is 0.894 bits per heavy atom. The fourth-order valence-electron chi connectivity index (χ4n) is 7.80. The summed E-state index contributed by atoms with van der Waals surface area (Å²) in [6.07, 6.45) is 64.4. The molecule has 0 aromatic heterocycles. The van der Waals surface area contributed by atoms with Gasteiger partial charge < -0.3 is 28.8 Å². The highest BCUT2D eigenvalue weighted by molar-refractivity contribution is 7.45. The van der Waals surface area contributed by atoms with Crippen molar-refractivity contribution in [1.29, 1.82) is 0 Å². The minimum Gasteiger partial charge on any atom is -0.756 e. The molecule has 0 aromatic carbocycles. The van der Waals surface area contributed by atoms with Crippen LogP contribution in [-0.2, 0) is 18.4 Å². The van der Waals surface area contributed by atoms with Crippen LogP contribution in [-0.4, -0.2) is 68.5 Å². The van der Waals surface area contributed by atoms with Gasteiger partial charge in [0.1, 0.15) is 13.2 Å². The summed E-state index contributed by atoms with van der Waals surface area (Å²) in [5, 5.41) is 13.8. The first-order valence-electron chi connectivity index (χ1n) is 27.7. The molecule has 2 N–H and O–H groups in total. The van der Waals surface area contributed by atoms with Crippen molar-refractivity contribution in [2.24, 2.45) is 0 Å². The second-order valence-corrected chi connectivity index (χ2v) is 21.3. The molecule has 0 saturated carbocycles. The van der Waals surface area contributed by atoms with E-state index in [-0.39, 0.29) is 12.5 Å². The summed E-state index contributed by atoms with van der Waals surface area (Å²) in [5.41, 5.74) is 0. The van der Waals surface area contributed by atoms with E-state index in [2.05, 4.69) is 67.8 Å². The van der Waals surface area contributed by atoms with Crippen LogP contribution in [0.4, 0.5) is 0 Å². The first-order valence-corrected chi connectivity index (χ1v) is 29.1. The molecule has 0 rings (SSSR count). The van der Waals surface area contributed by atoms with Crippen LogP contribution in [0.25, 0.3) is 0 Å². The standard InChI is InChI=1S/C57H107N2O6P/c1-6-8-10-12-14-16-18-20-22-24-26-27-28-29-30-31-32-33-34-36-38-40-42-44-46-48-50-56(60)55(54-65-66(62,63)64-53-52-59(3,4)5)58-57(61)51-49-47-45-43-41-39-37-35-25-23-21-19-17-15-13-11-9-7-2/h17,19,23,25,33-34,40,42,48,50,55-56,60H,6-16,18,20-22,24,26-32,35-39,41,43-47,49,51-54H2,1-5H3,(H-,58,61,62,63)/b19-17-,25-23-,34-33+,42-40+,50-48+. The van der Waals surface area contributed by atoms with E-state index in [4.69, 9.17) is 9.05 Å². The highest BCUT2D eigenvalue weighted by atomic mass is 31.2. The molecular formula is C57H107N2O6P. The van der Waals surface area contributed by atoms with Gasteiger partial charge in [-0.15, -0.1) is 0 Å². The molecule has 0 aliphatic rings. The van der Waals surface area contributed by atoms with Crippen molar-refractivity contribution in [2.45, 2.75) is 257 Å². The number of carbonyl (C=O) groups excluding carboxylic acids is 1. The van der Waals surface area contributed by atoms with Gasteiger partial charge in [0.25, 0.3) is 7.82 Å². The summed E-state index contributed by atoms with van der Waals surface area (Å²) >= 11 is 0. The SMILES string of the molecule is CCCCCC/C=C\C/C=C\CCCCCCCCCC(=O)NC(COP(=O)([O-])OCC[N+](C)(C)C)C(O)/C=C/CC/C=C/CC/C=C/CCCCCCCCCCCCCCCCCC. The molecule has 0 fully saturated rings. The van der Waals surface area contributed by atoms with Crippen molar-refractivity contribution >= 4 is 13.7 Å². The molecule has 0 aliphatic heterocycles. The third-order valence-electron chi connectivity index (χ3n) is 12.2. The molecule has 0 saturated heterocycles. The van der Waals surface area contributed by atoms with E-state index >= 15 is 0 Å². The van der Waals surface area contributed by atoms with Crippen molar-refractivity contribution in [3.8, 4) is 0 Å². The number of nitrogens with zero attached hydrogens (tertiary/aromatic N) is 1. The van der Waals surface area contributed by atoms with Crippen molar-refractivity contribution in [1.82, 2.24) is 5.32 Å². The molecular weight excluding hydrogens is 840 g/mol. The zero-order valence-corrected chi connectivity index (χ0v) is 44.8. The Labute approximate surface area is 409 Å². The Morgan fingerprint density at radius 3 is 1.33 bits per heavy atom. The number of unbranched alkanes of at least 4 members (excludes halogenated alkanes) is 29. The minimum absolute atomic E-state index is 0.0125. The number of hydrogen-bond donors (Lipinski definition) is 2. The number of aliphatic hydroxyl groups is 1. The van der Waals surface area contributed by atoms with E-state index in [9.17, 15) is 19.4 Å². The predicted octanol–water partition coefficient (Wildman–Crippen LogP) is 15.9. The first-order chi connectivity index (χ1) is 32.0. The predicted molar refractivity (Wildman–Crippen MR) is 284 cm³/mol. The van der Waals surface area contributed by atoms with Crippen LogP contribution in [0.3, 0.4) is 0 Å². The number of phosphoric acid groups is 1. The largest absolute Gasteiger partial charge is 0.756 e. The Kier molecular flexibility index (Phi) is 46.9. The fourth-order valence-corrected chi connectivity index (χ4v) is 8.53. The summed E-state index contributed by atoms with van der Waals surface area (Å²) in [4.78, 5) is 25.4. The van der Waals surface area contributed by atoms with Crippen LogP contribution >= 0.6 is 7.82 Å². The quantitative estimate of drug-likeness (QED) is 0.0272. The molecule has 0 bridgehead atoms. The maximum atomic E-state index is 12.9. The Bertz CT molecular complexity index is 1260. The number of allylic oxidation sites excluding steroid dienone is 9. The number of rotatable bonds is 50. The van der Waals surface area contributed by atoms with E-state index in [0.29, 0.717) is 17.4 Å². The maximum Gasteiger partial charge on any atom is 0.268 e. The van der Waals surface area contributed by atoms with Crippen LogP contribution in [0.5, 0.6) is 0 Å². The van der Waals surface area contributed by atoms with E-state index in [0.717, 1.165) is 64.2 Å². The number of likely N-dealkylation sites (N-methyl/N-ethyl adjacent to an activating group) is 1. The summed E-state index contributed by atoms with van der Waals surface area (Å²) in [6, 6.07) is -0.916. The summed E-state index contributed by atoms with van der Waals surface area (Å²) in [6.45, 7) is 4.61. The molecule has 0 radical (unpaired) electrons. The zero-order valence-electron chi connectivity index (χ0n) is 43.9. The van der Waals surface area contributed by atoms with Gasteiger partial charge in [-0.05, 0) is 77.0 Å². The van der Waals surface area contributed by atoms with Gasteiger partial charge in [0.2, 0.25) is 5.91 Å². The summed E-state index contributed by atoms with van der Waals surface area (Å²) in [7, 11) is 1.23. The van der Waals surface area contributed by atoms with Crippen LogP contribution in [0.2, 0.25) is 0 Å². The lowest BCUT2D eigenvalue weighted by molar-refractivity contribution is -0.870. The molecule has 0 aromatic rings. The molecule has 3 atom stereocenters. The van der Waals surface area contributed by atoms with Crippen molar-refractivity contribution in [3.05, 3.63) is 60.8 Å². The lowest BCUT2D eigenvalue weighted by Crippen LogP contribution is -2.45. The van der Waals surface area contributed by atoms with Crippen molar-refractivity contribution < 1.29 is 32.9 Å². The van der Waals surface area contributed by atoms with Crippen molar-refractivity contribution in [3.63, 3.8) is 0 Å². The molecule has 1 amide bonds. The number of hydrogen-bond acceptors (Lipinski definition) is 6. The molecule has 0 heterocycles. The van der Waals surface area contributed by atoms with Gasteiger partial charge in [0.05, 0.1) is 39.9 Å². The summed E-state index contributed by atoms with van der Waals surface area (Å²) in [5.74, 6) is -0.220. The number of quaternary nitrogens is 1. The van der Waals surface area contributed by atoms with Gasteiger partial charge >= 0.3 is 0 Å². The number of phosphoric ester groups is 1. The van der Waals surface area contributed by atoms with E-state index in [1.165, 1.54) is 161 Å². The average molecular weight is 947 g/mol. The molecule has 66 heavy (non-hydrogen) atoms. The van der Waals surface area contributed by atoms with Gasteiger partial charge in [0.15, 0.2) is 0 Å². The van der Waals surface area contributed by atoms with Gasteiger partial charge in [-0.3, -0.25) is 9.36 Å². The number of amides is 1. The van der Waals surface area contributed by atoms with Gasteiger partial charge in [-0.1, -0.05) is 222 Å². The van der Waals surface area contributed by atoms with Gasteiger partial charge in [0, 0.05) is 6.42 Å². The Balaban J connectivity index is 4.33. The van der Waals surface area contributed by atoms with Crippen molar-refractivity contribution in [2.75, 3.05) is 40.9 Å². The molecule has 8 nitrogen and oxygen atoms in total. The number of carbonyl (C=O) groups is 1. The zero-order chi connectivity index (χ0) is 48.5. The minimum atomic E-state index is -4.61. The highest BCUT2D eigenvalue weighted by Crippen LogP contribution is 2.38. The molecule has 0 aliphatic carbocycles. The summed E-state index contributed by atoms with van der Waals surface area (Å²) < 4.78 is 23.3. The van der Waals surface area contributed by atoms with E-state index in [1.807, 2.05) is 27.2 Å². The number of nitrogens with one attached hydrogen (secondary N) is 1. The van der Waals surface area contributed by atoms with Gasteiger partial charge in [-0.2, -0.15) is 0 Å². The fraction of sp³-hybridized carbons (Fsp3) is 0.807. The van der Waals surface area contributed by atoms with Crippen LogP contribution < -0.4 is 10.2 Å². The second kappa shape index (κ2) is 48.2. The van der Waals surface area contributed by atoms with E-state index < -0.39 is 26.6 Å².